The second-order valence-electron chi connectivity index (χ2n) is 6.65. The lowest BCUT2D eigenvalue weighted by molar-refractivity contribution is 0.485. The van der Waals surface area contributed by atoms with Crippen molar-refractivity contribution >= 4 is 21.4 Å². The van der Waals surface area contributed by atoms with E-state index in [1.54, 1.807) is 24.3 Å². The van der Waals surface area contributed by atoms with Crippen LogP contribution in [0.25, 0.3) is 5.57 Å². The minimum absolute atomic E-state index is 0.126. The minimum atomic E-state index is -3.69. The highest BCUT2D eigenvalue weighted by Crippen LogP contribution is 2.36. The molecule has 3 rings (SSSR count). The first-order valence-electron chi connectivity index (χ1n) is 7.82. The fourth-order valence-electron chi connectivity index (χ4n) is 2.97. The van der Waals surface area contributed by atoms with Gasteiger partial charge < -0.3 is 9.50 Å². The molecule has 24 heavy (non-hydrogen) atoms. The molecule has 0 unspecified atom stereocenters. The van der Waals surface area contributed by atoms with Gasteiger partial charge in [0.1, 0.15) is 11.5 Å². The lowest BCUT2D eigenvalue weighted by Crippen LogP contribution is -2.31. The summed E-state index contributed by atoms with van der Waals surface area (Å²) in [6, 6.07) is 14.3. The number of fused-ring (bicyclic) bond motifs is 1. The van der Waals surface area contributed by atoms with Crippen LogP contribution in [0.15, 0.2) is 54.6 Å². The Labute approximate surface area is 143 Å². The summed E-state index contributed by atoms with van der Waals surface area (Å²) in [6.07, 6.45) is 2.12. The third-order valence-corrected chi connectivity index (χ3v) is 4.99. The molecule has 0 spiro atoms. The molecule has 1 N–H and O–H groups in total. The third kappa shape index (κ3) is 3.79. The van der Waals surface area contributed by atoms with Crippen molar-refractivity contribution in [2.24, 2.45) is 0 Å². The van der Waals surface area contributed by atoms with E-state index in [0.29, 0.717) is 11.3 Å². The van der Waals surface area contributed by atoms with Crippen LogP contribution in [0.5, 0.6) is 5.75 Å². The highest BCUT2D eigenvalue weighted by atomic mass is 32.2. The second-order valence-corrected chi connectivity index (χ2v) is 8.22. The molecule has 0 bridgehead atoms. The average molecular weight is 343 g/mol. The van der Waals surface area contributed by atoms with E-state index < -0.39 is 10.1 Å². The summed E-state index contributed by atoms with van der Waals surface area (Å²) in [7, 11) is -3.69. The van der Waals surface area contributed by atoms with E-state index in [1.807, 2.05) is 31.2 Å². The highest BCUT2D eigenvalue weighted by molar-refractivity contribution is 7.86. The number of allylic oxidation sites excluding steroid dienone is 1. The molecular weight excluding hydrogens is 322 g/mol. The van der Waals surface area contributed by atoms with Crippen LogP contribution in [0.1, 0.15) is 31.9 Å². The van der Waals surface area contributed by atoms with Gasteiger partial charge in [0.25, 0.3) is 0 Å². The van der Waals surface area contributed by atoms with Crippen molar-refractivity contribution in [1.29, 1.82) is 0 Å². The average Bonchev–Trinajstić information content (AvgIpc) is 2.47. The largest absolute Gasteiger partial charge is 0.382 e. The van der Waals surface area contributed by atoms with Gasteiger partial charge in [-0.2, -0.15) is 8.42 Å². The van der Waals surface area contributed by atoms with E-state index in [0.717, 1.165) is 16.8 Å². The monoisotopic (exact) mass is 343 g/mol. The Kier molecular flexibility index (Phi) is 4.13. The molecule has 1 aliphatic heterocycles. The fourth-order valence-corrected chi connectivity index (χ4v) is 4.02. The molecule has 4 nitrogen and oxygen atoms in total. The Hall–Kier alpha value is -2.27. The SMILES string of the molecule is CC1=CC(C)(C)Nc2ccc(OS(=O)(=O)Cc3ccccc3)cc21. The van der Waals surface area contributed by atoms with Crippen LogP contribution in [-0.4, -0.2) is 14.0 Å². The van der Waals surface area contributed by atoms with E-state index in [9.17, 15) is 8.42 Å². The summed E-state index contributed by atoms with van der Waals surface area (Å²) < 4.78 is 29.8. The Balaban J connectivity index is 1.83. The normalized spacial score (nSPS) is 15.9. The Bertz CT molecular complexity index is 884. The molecule has 126 valence electrons. The molecule has 0 fully saturated rings. The lowest BCUT2D eigenvalue weighted by Gasteiger charge is -2.31. The Morgan fingerprint density at radius 2 is 1.79 bits per heavy atom. The van der Waals surface area contributed by atoms with E-state index >= 15 is 0 Å². The van der Waals surface area contributed by atoms with E-state index in [1.165, 1.54) is 0 Å². The number of anilines is 1. The van der Waals surface area contributed by atoms with Gasteiger partial charge in [-0.15, -0.1) is 0 Å². The maximum Gasteiger partial charge on any atom is 0.313 e. The van der Waals surface area contributed by atoms with Crippen LogP contribution >= 0.6 is 0 Å². The van der Waals surface area contributed by atoms with Gasteiger partial charge in [0.15, 0.2) is 0 Å². The summed E-state index contributed by atoms with van der Waals surface area (Å²) in [4.78, 5) is 0. The minimum Gasteiger partial charge on any atom is -0.382 e. The summed E-state index contributed by atoms with van der Waals surface area (Å²) >= 11 is 0. The van der Waals surface area contributed by atoms with E-state index in [2.05, 4.69) is 25.2 Å². The first kappa shape index (κ1) is 16.6. The molecule has 0 radical (unpaired) electrons. The standard InChI is InChI=1S/C19H21NO3S/c1-14-12-19(2,3)20-18-10-9-16(11-17(14)18)23-24(21,22)13-15-7-5-4-6-8-15/h4-12,20H,13H2,1-3H3. The number of nitrogens with one attached hydrogen (secondary N) is 1. The molecule has 2 aromatic carbocycles. The molecule has 1 heterocycles. The predicted octanol–water partition coefficient (Wildman–Crippen LogP) is 4.20. The van der Waals surface area contributed by atoms with Crippen molar-refractivity contribution in [2.45, 2.75) is 32.1 Å². The molecule has 0 amide bonds. The zero-order chi connectivity index (χ0) is 17.4. The van der Waals surface area contributed by atoms with Crippen LogP contribution in [-0.2, 0) is 15.9 Å². The molecule has 0 aliphatic carbocycles. The van der Waals surface area contributed by atoms with Crippen LogP contribution in [0.4, 0.5) is 5.69 Å². The molecule has 0 aromatic heterocycles. The van der Waals surface area contributed by atoms with Crippen LogP contribution < -0.4 is 9.50 Å². The summed E-state index contributed by atoms with van der Waals surface area (Å²) in [5, 5.41) is 3.42. The van der Waals surface area contributed by atoms with Gasteiger partial charge in [0.05, 0.1) is 5.54 Å². The highest BCUT2D eigenvalue weighted by Gasteiger charge is 2.23. The smallest absolute Gasteiger partial charge is 0.313 e. The second kappa shape index (κ2) is 5.98. The van der Waals surface area contributed by atoms with Crippen LogP contribution in [0.3, 0.4) is 0 Å². The quantitative estimate of drug-likeness (QED) is 0.845. The van der Waals surface area contributed by atoms with Gasteiger partial charge in [-0.25, -0.2) is 0 Å². The van der Waals surface area contributed by atoms with Gasteiger partial charge in [-0.05, 0) is 50.1 Å². The zero-order valence-electron chi connectivity index (χ0n) is 14.0. The van der Waals surface area contributed by atoms with Gasteiger partial charge >= 0.3 is 10.1 Å². The van der Waals surface area contributed by atoms with Crippen LogP contribution in [0, 0.1) is 0 Å². The van der Waals surface area contributed by atoms with Crippen molar-refractivity contribution in [3.05, 3.63) is 65.7 Å². The van der Waals surface area contributed by atoms with Crippen molar-refractivity contribution in [2.75, 3.05) is 5.32 Å². The van der Waals surface area contributed by atoms with E-state index in [-0.39, 0.29) is 11.3 Å². The molecule has 0 saturated heterocycles. The molecular formula is C19H21NO3S. The maximum absolute atomic E-state index is 12.3. The van der Waals surface area contributed by atoms with Gasteiger partial charge in [-0.1, -0.05) is 36.4 Å². The van der Waals surface area contributed by atoms with E-state index in [4.69, 9.17) is 4.18 Å². The predicted molar refractivity (Wildman–Crippen MR) is 97.5 cm³/mol. The molecule has 0 saturated carbocycles. The Morgan fingerprint density at radius 3 is 2.50 bits per heavy atom. The summed E-state index contributed by atoms with van der Waals surface area (Å²) in [6.45, 7) is 6.20. The zero-order valence-corrected chi connectivity index (χ0v) is 14.9. The van der Waals surface area contributed by atoms with Crippen molar-refractivity contribution in [1.82, 2.24) is 0 Å². The lowest BCUT2D eigenvalue weighted by atomic mass is 9.91. The number of hydrogen-bond acceptors (Lipinski definition) is 4. The topological polar surface area (TPSA) is 55.4 Å². The third-order valence-electron chi connectivity index (χ3n) is 3.86. The van der Waals surface area contributed by atoms with Gasteiger partial charge in [0, 0.05) is 11.3 Å². The van der Waals surface area contributed by atoms with Gasteiger partial charge in [-0.3, -0.25) is 0 Å². The molecule has 5 heteroatoms. The van der Waals surface area contributed by atoms with Crippen molar-refractivity contribution < 1.29 is 12.6 Å². The first-order chi connectivity index (χ1) is 11.2. The number of rotatable bonds is 4. The van der Waals surface area contributed by atoms with Crippen molar-refractivity contribution in [3.8, 4) is 5.75 Å². The fraction of sp³-hybridized carbons (Fsp3) is 0.263. The Morgan fingerprint density at radius 1 is 1.08 bits per heavy atom. The molecule has 0 atom stereocenters. The number of hydrogen-bond donors (Lipinski definition) is 1. The van der Waals surface area contributed by atoms with Gasteiger partial charge in [0.2, 0.25) is 0 Å². The molecule has 1 aliphatic rings. The maximum atomic E-state index is 12.3. The van der Waals surface area contributed by atoms with Crippen LogP contribution in [0.2, 0.25) is 0 Å². The first-order valence-corrected chi connectivity index (χ1v) is 9.40. The summed E-state index contributed by atoms with van der Waals surface area (Å²) in [5.74, 6) is 0.185. The van der Waals surface area contributed by atoms with Crippen molar-refractivity contribution in [3.63, 3.8) is 0 Å². The summed E-state index contributed by atoms with van der Waals surface area (Å²) in [5.41, 5.74) is 3.61. The molecule has 2 aromatic rings. The number of benzene rings is 2.